The minimum atomic E-state index is -4.44. The molecule has 3 rings (SSSR count). The lowest BCUT2D eigenvalue weighted by molar-refractivity contribution is -0.140. The van der Waals surface area contributed by atoms with Crippen molar-refractivity contribution >= 4 is 16.6 Å². The molecule has 0 saturated carbocycles. The maximum absolute atomic E-state index is 13.1. The maximum Gasteiger partial charge on any atom is 0.433 e. The summed E-state index contributed by atoms with van der Waals surface area (Å²) in [6, 6.07) is 8.32. The Morgan fingerprint density at radius 2 is 1.92 bits per heavy atom. The first kappa shape index (κ1) is 17.0. The predicted molar refractivity (Wildman–Crippen MR) is 90.1 cm³/mol. The molecule has 0 aliphatic carbocycles. The standard InChI is InChI=1S/C18H22F3N3/c1-2-9-24-10-7-13(8-11-24)22-16-12-17(18(19,20)21)23-15-6-4-3-5-14(15)16/h3-6,12-13H,2,7-11H2,1H3,(H,22,23). The normalized spacial score (nSPS) is 17.3. The smallest absolute Gasteiger partial charge is 0.382 e. The van der Waals surface area contributed by atoms with Gasteiger partial charge in [0.15, 0.2) is 0 Å². The fraction of sp³-hybridized carbons (Fsp3) is 0.500. The molecule has 3 nitrogen and oxygen atoms in total. The van der Waals surface area contributed by atoms with Crippen molar-refractivity contribution in [1.82, 2.24) is 9.88 Å². The number of rotatable bonds is 4. The Balaban J connectivity index is 1.83. The Hall–Kier alpha value is -1.82. The lowest BCUT2D eigenvalue weighted by atomic mass is 10.0. The van der Waals surface area contributed by atoms with Crippen molar-refractivity contribution in [3.05, 3.63) is 36.0 Å². The summed E-state index contributed by atoms with van der Waals surface area (Å²) in [5.41, 5.74) is 0.0622. The van der Waals surface area contributed by atoms with Crippen LogP contribution in [0.5, 0.6) is 0 Å². The Morgan fingerprint density at radius 1 is 1.21 bits per heavy atom. The van der Waals surface area contributed by atoms with Crippen molar-refractivity contribution in [3.8, 4) is 0 Å². The van der Waals surface area contributed by atoms with Gasteiger partial charge in [0.25, 0.3) is 0 Å². The molecule has 1 aliphatic rings. The van der Waals surface area contributed by atoms with Crippen molar-refractivity contribution in [3.63, 3.8) is 0 Å². The second-order valence-electron chi connectivity index (χ2n) is 6.33. The number of nitrogens with one attached hydrogen (secondary N) is 1. The van der Waals surface area contributed by atoms with Crippen molar-refractivity contribution < 1.29 is 13.2 Å². The van der Waals surface area contributed by atoms with Gasteiger partial charge in [0.2, 0.25) is 0 Å². The summed E-state index contributed by atoms with van der Waals surface area (Å²) in [6.45, 7) is 5.22. The molecule has 0 unspecified atom stereocenters. The zero-order valence-electron chi connectivity index (χ0n) is 13.7. The number of pyridine rings is 1. The fourth-order valence-electron chi connectivity index (χ4n) is 3.28. The van der Waals surface area contributed by atoms with E-state index in [1.807, 2.05) is 12.1 Å². The number of hydrogen-bond acceptors (Lipinski definition) is 3. The van der Waals surface area contributed by atoms with Gasteiger partial charge >= 0.3 is 6.18 Å². The molecular weight excluding hydrogens is 315 g/mol. The molecule has 1 fully saturated rings. The summed E-state index contributed by atoms with van der Waals surface area (Å²) in [5.74, 6) is 0. The van der Waals surface area contributed by atoms with Gasteiger partial charge in [-0.3, -0.25) is 0 Å². The zero-order chi connectivity index (χ0) is 17.2. The van der Waals surface area contributed by atoms with Crippen molar-refractivity contribution in [2.45, 2.75) is 38.4 Å². The van der Waals surface area contributed by atoms with E-state index in [9.17, 15) is 13.2 Å². The second-order valence-corrected chi connectivity index (χ2v) is 6.33. The predicted octanol–water partition coefficient (Wildman–Crippen LogP) is 4.54. The number of halogens is 3. The molecule has 2 heterocycles. The van der Waals surface area contributed by atoms with Crippen LogP contribution in [0, 0.1) is 0 Å². The van der Waals surface area contributed by atoms with Crippen LogP contribution in [-0.2, 0) is 6.18 Å². The van der Waals surface area contributed by atoms with Gasteiger partial charge in [0.05, 0.1) is 5.52 Å². The highest BCUT2D eigenvalue weighted by molar-refractivity contribution is 5.91. The number of fused-ring (bicyclic) bond motifs is 1. The molecule has 130 valence electrons. The van der Waals surface area contributed by atoms with Gasteiger partial charge in [-0.05, 0) is 37.9 Å². The number of hydrogen-bond donors (Lipinski definition) is 1. The Bertz CT molecular complexity index is 691. The van der Waals surface area contributed by atoms with Crippen molar-refractivity contribution in [2.24, 2.45) is 0 Å². The fourth-order valence-corrected chi connectivity index (χ4v) is 3.28. The highest BCUT2D eigenvalue weighted by Gasteiger charge is 2.33. The molecule has 1 saturated heterocycles. The summed E-state index contributed by atoms with van der Waals surface area (Å²) in [5, 5.41) is 4.07. The van der Waals surface area contributed by atoms with Crippen LogP contribution in [-0.4, -0.2) is 35.6 Å². The van der Waals surface area contributed by atoms with Crippen molar-refractivity contribution in [2.75, 3.05) is 25.0 Å². The van der Waals surface area contributed by atoms with E-state index < -0.39 is 11.9 Å². The zero-order valence-corrected chi connectivity index (χ0v) is 13.7. The number of likely N-dealkylation sites (tertiary alicyclic amines) is 1. The maximum atomic E-state index is 13.1. The molecule has 2 aromatic rings. The van der Waals surface area contributed by atoms with E-state index in [-0.39, 0.29) is 6.04 Å². The molecule has 1 aliphatic heterocycles. The van der Waals surface area contributed by atoms with Crippen LogP contribution in [0.15, 0.2) is 30.3 Å². The van der Waals surface area contributed by atoms with Crippen LogP contribution in [0.1, 0.15) is 31.9 Å². The monoisotopic (exact) mass is 337 g/mol. The summed E-state index contributed by atoms with van der Waals surface area (Å²) >= 11 is 0. The number of aromatic nitrogens is 1. The van der Waals surface area contributed by atoms with E-state index in [0.29, 0.717) is 11.2 Å². The third-order valence-corrected chi connectivity index (χ3v) is 4.49. The largest absolute Gasteiger partial charge is 0.433 e. The van der Waals surface area contributed by atoms with Gasteiger partial charge in [-0.25, -0.2) is 4.98 Å². The van der Waals surface area contributed by atoms with Gasteiger partial charge in [-0.2, -0.15) is 13.2 Å². The van der Waals surface area contributed by atoms with Gasteiger partial charge in [0.1, 0.15) is 5.69 Å². The molecular formula is C18H22F3N3. The summed E-state index contributed by atoms with van der Waals surface area (Å²) < 4.78 is 39.3. The molecule has 0 spiro atoms. The molecule has 6 heteroatoms. The molecule has 1 aromatic carbocycles. The average Bonchev–Trinajstić information content (AvgIpc) is 2.56. The first-order valence-corrected chi connectivity index (χ1v) is 8.43. The van der Waals surface area contributed by atoms with E-state index in [4.69, 9.17) is 0 Å². The molecule has 1 aromatic heterocycles. The SMILES string of the molecule is CCCN1CCC(Nc2cc(C(F)(F)F)nc3ccccc23)CC1. The molecule has 0 radical (unpaired) electrons. The lowest BCUT2D eigenvalue weighted by Crippen LogP contribution is -2.39. The van der Waals surface area contributed by atoms with E-state index in [1.54, 1.807) is 12.1 Å². The van der Waals surface area contributed by atoms with Gasteiger partial charge in [-0.15, -0.1) is 0 Å². The van der Waals surface area contributed by atoms with Gasteiger partial charge in [-0.1, -0.05) is 25.1 Å². The number of piperidine rings is 1. The van der Waals surface area contributed by atoms with Gasteiger partial charge in [0, 0.05) is 30.2 Å². The molecule has 0 bridgehead atoms. The Morgan fingerprint density at radius 3 is 2.58 bits per heavy atom. The number of alkyl halides is 3. The van der Waals surface area contributed by atoms with Crippen LogP contribution in [0.3, 0.4) is 0 Å². The minimum Gasteiger partial charge on any atom is -0.382 e. The quantitative estimate of drug-likeness (QED) is 0.888. The molecule has 0 amide bonds. The summed E-state index contributed by atoms with van der Waals surface area (Å²) in [4.78, 5) is 6.17. The summed E-state index contributed by atoms with van der Waals surface area (Å²) in [6.07, 6.45) is -1.43. The van der Waals surface area contributed by atoms with Crippen LogP contribution in [0.25, 0.3) is 10.9 Å². The number of nitrogens with zero attached hydrogens (tertiary/aromatic N) is 2. The number of para-hydroxylation sites is 1. The van der Waals surface area contributed by atoms with E-state index >= 15 is 0 Å². The Kier molecular flexibility index (Phi) is 4.94. The van der Waals surface area contributed by atoms with Gasteiger partial charge < -0.3 is 10.2 Å². The number of anilines is 1. The first-order chi connectivity index (χ1) is 11.5. The van der Waals surface area contributed by atoms with E-state index in [1.165, 1.54) is 0 Å². The van der Waals surface area contributed by atoms with Crippen LogP contribution in [0.4, 0.5) is 18.9 Å². The Labute approximate surface area is 139 Å². The molecule has 24 heavy (non-hydrogen) atoms. The first-order valence-electron chi connectivity index (χ1n) is 8.43. The highest BCUT2D eigenvalue weighted by Crippen LogP contribution is 2.33. The van der Waals surface area contributed by atoms with Crippen molar-refractivity contribution in [1.29, 1.82) is 0 Å². The lowest BCUT2D eigenvalue weighted by Gasteiger charge is -2.33. The minimum absolute atomic E-state index is 0.199. The van der Waals surface area contributed by atoms with E-state index in [0.717, 1.165) is 50.3 Å². The second kappa shape index (κ2) is 6.97. The third kappa shape index (κ3) is 3.80. The third-order valence-electron chi connectivity index (χ3n) is 4.49. The van der Waals surface area contributed by atoms with Crippen LogP contribution >= 0.6 is 0 Å². The topological polar surface area (TPSA) is 28.2 Å². The average molecular weight is 337 g/mol. The molecule has 0 atom stereocenters. The summed E-state index contributed by atoms with van der Waals surface area (Å²) in [7, 11) is 0. The number of benzene rings is 1. The highest BCUT2D eigenvalue weighted by atomic mass is 19.4. The van der Waals surface area contributed by atoms with E-state index in [2.05, 4.69) is 22.1 Å². The van der Waals surface area contributed by atoms with Crippen LogP contribution < -0.4 is 5.32 Å². The molecule has 1 N–H and O–H groups in total. The van der Waals surface area contributed by atoms with Crippen LogP contribution in [0.2, 0.25) is 0 Å².